The smallest absolute Gasteiger partial charge is 0.244 e. The highest BCUT2D eigenvalue weighted by Gasteiger charge is 2.26. The molecule has 106 valence electrons. The normalized spacial score (nSPS) is 17.7. The highest BCUT2D eigenvalue weighted by molar-refractivity contribution is 5.54. The molecule has 1 unspecified atom stereocenters. The summed E-state index contributed by atoms with van der Waals surface area (Å²) in [5.74, 6) is 1.24. The molecule has 3 heterocycles. The number of nitrogens with zero attached hydrogens (tertiary/aromatic N) is 3. The van der Waals surface area contributed by atoms with Crippen molar-refractivity contribution in [2.45, 2.75) is 25.9 Å². The third-order valence-electron chi connectivity index (χ3n) is 3.78. The third-order valence-corrected chi connectivity index (χ3v) is 3.78. The Labute approximate surface area is 121 Å². The highest BCUT2D eigenvalue weighted by atomic mass is 16.5. The molecule has 0 radical (unpaired) electrons. The van der Waals surface area contributed by atoms with Crippen LogP contribution in [0.2, 0.25) is 0 Å². The van der Waals surface area contributed by atoms with Crippen LogP contribution < -0.4 is 5.32 Å². The number of hydrogen-bond donors (Lipinski definition) is 2. The second-order valence-electron chi connectivity index (χ2n) is 5.29. The summed E-state index contributed by atoms with van der Waals surface area (Å²) in [5.41, 5.74) is 4.37. The lowest BCUT2D eigenvalue weighted by atomic mass is 10.1. The van der Waals surface area contributed by atoms with E-state index in [0.717, 1.165) is 29.9 Å². The maximum Gasteiger partial charge on any atom is 0.244 e. The predicted molar refractivity (Wildman–Crippen MR) is 76.3 cm³/mol. The molecule has 2 aromatic heterocycles. The number of rotatable bonds is 2. The van der Waals surface area contributed by atoms with Gasteiger partial charge in [-0.05, 0) is 6.92 Å². The second-order valence-corrected chi connectivity index (χ2v) is 5.29. The number of benzene rings is 1. The maximum absolute atomic E-state index is 5.42. The number of imidazole rings is 1. The van der Waals surface area contributed by atoms with E-state index in [1.807, 2.05) is 24.3 Å². The predicted octanol–water partition coefficient (Wildman–Crippen LogP) is 2.16. The van der Waals surface area contributed by atoms with Crippen molar-refractivity contribution in [1.29, 1.82) is 0 Å². The molecule has 4 rings (SSSR count). The van der Waals surface area contributed by atoms with Crippen LogP contribution in [0.1, 0.15) is 28.9 Å². The van der Waals surface area contributed by atoms with E-state index in [9.17, 15) is 0 Å². The van der Waals surface area contributed by atoms with Gasteiger partial charge in [-0.2, -0.15) is 4.98 Å². The number of aromatic nitrogens is 4. The molecule has 1 aliphatic rings. The number of nitrogens with one attached hydrogen (secondary N) is 2. The van der Waals surface area contributed by atoms with E-state index in [2.05, 4.69) is 32.3 Å². The minimum Gasteiger partial charge on any atom is -0.347 e. The summed E-state index contributed by atoms with van der Waals surface area (Å²) in [7, 11) is 0. The molecule has 0 spiro atoms. The molecule has 0 aliphatic carbocycles. The van der Waals surface area contributed by atoms with E-state index in [1.165, 1.54) is 5.56 Å². The molecule has 1 aromatic carbocycles. The van der Waals surface area contributed by atoms with Crippen molar-refractivity contribution in [3.05, 3.63) is 53.4 Å². The van der Waals surface area contributed by atoms with Crippen LogP contribution in [0, 0.1) is 6.92 Å². The van der Waals surface area contributed by atoms with Gasteiger partial charge >= 0.3 is 0 Å². The number of aryl methyl sites for hydroxylation is 1. The van der Waals surface area contributed by atoms with E-state index >= 15 is 0 Å². The summed E-state index contributed by atoms with van der Waals surface area (Å²) >= 11 is 0. The lowest BCUT2D eigenvalue weighted by Crippen LogP contribution is -2.28. The molecule has 0 amide bonds. The Balaban J connectivity index is 1.59. The summed E-state index contributed by atoms with van der Waals surface area (Å²) in [4.78, 5) is 12.0. The quantitative estimate of drug-likeness (QED) is 0.752. The monoisotopic (exact) mass is 281 g/mol. The Hall–Kier alpha value is -2.47. The van der Waals surface area contributed by atoms with Gasteiger partial charge in [0.1, 0.15) is 0 Å². The van der Waals surface area contributed by atoms with Crippen molar-refractivity contribution < 1.29 is 4.52 Å². The number of hydrogen-bond acceptors (Lipinski definition) is 5. The van der Waals surface area contributed by atoms with E-state index in [-0.39, 0.29) is 6.04 Å². The van der Waals surface area contributed by atoms with Crippen molar-refractivity contribution >= 4 is 0 Å². The minimum absolute atomic E-state index is 0.0208. The topological polar surface area (TPSA) is 79.6 Å². The van der Waals surface area contributed by atoms with Crippen molar-refractivity contribution in [1.82, 2.24) is 25.4 Å². The zero-order valence-corrected chi connectivity index (χ0v) is 11.6. The fraction of sp³-hybridized carbons (Fsp3) is 0.267. The van der Waals surface area contributed by atoms with Gasteiger partial charge in [-0.3, -0.25) is 5.32 Å². The molecule has 6 nitrogen and oxygen atoms in total. The highest BCUT2D eigenvalue weighted by Crippen LogP contribution is 2.25. The van der Waals surface area contributed by atoms with Gasteiger partial charge in [-0.15, -0.1) is 0 Å². The van der Waals surface area contributed by atoms with Gasteiger partial charge in [-0.25, -0.2) is 4.98 Å². The first-order chi connectivity index (χ1) is 10.3. The minimum atomic E-state index is 0.0208. The summed E-state index contributed by atoms with van der Waals surface area (Å²) in [5, 5.41) is 7.46. The van der Waals surface area contributed by atoms with Crippen molar-refractivity contribution in [2.75, 3.05) is 0 Å². The molecular weight excluding hydrogens is 266 g/mol. The van der Waals surface area contributed by atoms with Gasteiger partial charge in [0.25, 0.3) is 0 Å². The van der Waals surface area contributed by atoms with Crippen LogP contribution in [0.3, 0.4) is 0 Å². The number of aromatic amines is 1. The Morgan fingerprint density at radius 3 is 2.95 bits per heavy atom. The van der Waals surface area contributed by atoms with Crippen LogP contribution in [-0.4, -0.2) is 20.1 Å². The first-order valence-electron chi connectivity index (χ1n) is 6.95. The summed E-state index contributed by atoms with van der Waals surface area (Å²) in [6.07, 6.45) is 2.48. The van der Waals surface area contributed by atoms with Crippen molar-refractivity contribution in [3.8, 4) is 11.4 Å². The zero-order chi connectivity index (χ0) is 14.2. The van der Waals surface area contributed by atoms with Gasteiger partial charge in [-0.1, -0.05) is 35.0 Å². The van der Waals surface area contributed by atoms with Crippen molar-refractivity contribution in [2.24, 2.45) is 0 Å². The van der Waals surface area contributed by atoms with Gasteiger partial charge in [0.2, 0.25) is 11.7 Å². The molecule has 1 atom stereocenters. The van der Waals surface area contributed by atoms with E-state index in [4.69, 9.17) is 4.52 Å². The molecule has 3 aromatic rings. The molecule has 0 saturated heterocycles. The standard InChI is InChI=1S/C15H15N5O/c1-9-2-4-10(5-3-9)14-19-15(21-20-14)12-6-11-13(7-16-12)18-8-17-11/h2-5,8,12,16H,6-7H2,1H3,(H,17,18). The van der Waals surface area contributed by atoms with Crippen LogP contribution in [0.5, 0.6) is 0 Å². The molecule has 21 heavy (non-hydrogen) atoms. The Morgan fingerprint density at radius 2 is 2.10 bits per heavy atom. The van der Waals surface area contributed by atoms with Gasteiger partial charge in [0, 0.05) is 18.5 Å². The molecule has 0 fully saturated rings. The van der Waals surface area contributed by atoms with Gasteiger partial charge < -0.3 is 9.51 Å². The summed E-state index contributed by atoms with van der Waals surface area (Å²) < 4.78 is 5.42. The van der Waals surface area contributed by atoms with Crippen LogP contribution in [0.25, 0.3) is 11.4 Å². The maximum atomic E-state index is 5.42. The van der Waals surface area contributed by atoms with E-state index in [1.54, 1.807) is 6.33 Å². The zero-order valence-electron chi connectivity index (χ0n) is 11.6. The third kappa shape index (κ3) is 2.23. The summed E-state index contributed by atoms with van der Waals surface area (Å²) in [6, 6.07) is 8.11. The Bertz CT molecular complexity index is 758. The fourth-order valence-electron chi connectivity index (χ4n) is 2.54. The van der Waals surface area contributed by atoms with E-state index in [0.29, 0.717) is 11.7 Å². The van der Waals surface area contributed by atoms with E-state index < -0.39 is 0 Å². The molecule has 0 saturated carbocycles. The molecule has 1 aliphatic heterocycles. The molecular formula is C15H15N5O. The SMILES string of the molecule is Cc1ccc(-c2noc(C3Cc4nc[nH]c4CN3)n2)cc1. The Kier molecular flexibility index (Phi) is 2.82. The first-order valence-corrected chi connectivity index (χ1v) is 6.95. The molecule has 2 N–H and O–H groups in total. The van der Waals surface area contributed by atoms with Crippen LogP contribution >= 0.6 is 0 Å². The van der Waals surface area contributed by atoms with Crippen LogP contribution in [0.15, 0.2) is 35.1 Å². The molecule has 0 bridgehead atoms. The van der Waals surface area contributed by atoms with Gasteiger partial charge in [0.15, 0.2) is 0 Å². The lowest BCUT2D eigenvalue weighted by Gasteiger charge is -2.19. The fourth-order valence-corrected chi connectivity index (χ4v) is 2.54. The van der Waals surface area contributed by atoms with Crippen molar-refractivity contribution in [3.63, 3.8) is 0 Å². The average molecular weight is 281 g/mol. The lowest BCUT2D eigenvalue weighted by molar-refractivity contribution is 0.319. The largest absolute Gasteiger partial charge is 0.347 e. The first kappa shape index (κ1) is 12.3. The number of fused-ring (bicyclic) bond motifs is 1. The average Bonchev–Trinajstić information content (AvgIpc) is 3.16. The van der Waals surface area contributed by atoms with Crippen LogP contribution in [-0.2, 0) is 13.0 Å². The van der Waals surface area contributed by atoms with Gasteiger partial charge in [0.05, 0.1) is 23.8 Å². The Morgan fingerprint density at radius 1 is 1.24 bits per heavy atom. The number of H-pyrrole nitrogens is 1. The van der Waals surface area contributed by atoms with Crippen LogP contribution in [0.4, 0.5) is 0 Å². The summed E-state index contributed by atoms with van der Waals surface area (Å²) in [6.45, 7) is 2.79. The second kappa shape index (κ2) is 4.82. The molecule has 6 heteroatoms.